The number of hydrogen-bond donors (Lipinski definition) is 0. The second-order valence-electron chi connectivity index (χ2n) is 9.23. The highest BCUT2D eigenvalue weighted by atomic mass is 19.1. The van der Waals surface area contributed by atoms with E-state index in [2.05, 4.69) is 28.8 Å². The van der Waals surface area contributed by atoms with Crippen molar-refractivity contribution >= 4 is 27.7 Å². The van der Waals surface area contributed by atoms with Gasteiger partial charge in [-0.05, 0) is 65.9 Å². The average molecular weight is 464 g/mol. The lowest BCUT2D eigenvalue weighted by atomic mass is 10.0. The Bertz CT molecular complexity index is 1530. The Morgan fingerprint density at radius 3 is 2.46 bits per heavy atom. The van der Waals surface area contributed by atoms with Gasteiger partial charge in [0.2, 0.25) is 0 Å². The molecule has 1 amide bonds. The van der Waals surface area contributed by atoms with E-state index in [-0.39, 0.29) is 11.7 Å². The van der Waals surface area contributed by atoms with E-state index >= 15 is 0 Å². The molecule has 5 aromatic rings. The molecule has 1 aliphatic heterocycles. The summed E-state index contributed by atoms with van der Waals surface area (Å²) in [6, 6.07) is 26.9. The zero-order chi connectivity index (χ0) is 23.8. The summed E-state index contributed by atoms with van der Waals surface area (Å²) in [4.78, 5) is 20.2. The van der Waals surface area contributed by atoms with E-state index in [0.717, 1.165) is 64.7 Å². The second-order valence-corrected chi connectivity index (χ2v) is 9.23. The van der Waals surface area contributed by atoms with E-state index in [1.807, 2.05) is 53.4 Å². The first-order chi connectivity index (χ1) is 17.2. The van der Waals surface area contributed by atoms with Crippen molar-refractivity contribution in [1.29, 1.82) is 0 Å². The van der Waals surface area contributed by atoms with Crippen LogP contribution in [0.3, 0.4) is 0 Å². The third kappa shape index (κ3) is 4.08. The van der Waals surface area contributed by atoms with Crippen molar-refractivity contribution in [1.82, 2.24) is 14.5 Å². The van der Waals surface area contributed by atoms with E-state index in [0.29, 0.717) is 12.1 Å². The molecule has 1 aromatic heterocycles. The monoisotopic (exact) mass is 463 g/mol. The molecule has 2 heterocycles. The number of fused-ring (bicyclic) bond motifs is 2. The lowest BCUT2D eigenvalue weighted by molar-refractivity contribution is 0.0724. The molecule has 0 radical (unpaired) electrons. The number of nitrogens with zero attached hydrogens (tertiary/aromatic N) is 3. The van der Waals surface area contributed by atoms with Gasteiger partial charge in [-0.2, -0.15) is 0 Å². The number of piperidine rings is 1. The summed E-state index contributed by atoms with van der Waals surface area (Å²) in [7, 11) is 0. The predicted octanol–water partition coefficient (Wildman–Crippen LogP) is 6.67. The highest BCUT2D eigenvalue weighted by Gasteiger charge is 2.21. The minimum atomic E-state index is -0.251. The van der Waals surface area contributed by atoms with Gasteiger partial charge in [0, 0.05) is 30.8 Å². The minimum absolute atomic E-state index is 0.0754. The van der Waals surface area contributed by atoms with Crippen molar-refractivity contribution in [2.75, 3.05) is 13.1 Å². The molecule has 1 aliphatic rings. The molecule has 4 aromatic carbocycles. The lowest BCUT2D eigenvalue weighted by Gasteiger charge is -2.26. The highest BCUT2D eigenvalue weighted by molar-refractivity contribution is 6.00. The van der Waals surface area contributed by atoms with Gasteiger partial charge in [-0.1, -0.05) is 54.6 Å². The summed E-state index contributed by atoms with van der Waals surface area (Å²) in [6.45, 7) is 2.18. The van der Waals surface area contributed by atoms with Crippen molar-refractivity contribution in [3.05, 3.63) is 102 Å². The van der Waals surface area contributed by atoms with Crippen LogP contribution < -0.4 is 0 Å². The van der Waals surface area contributed by atoms with Crippen LogP contribution in [0, 0.1) is 5.82 Å². The fourth-order valence-electron chi connectivity index (χ4n) is 5.10. The average Bonchev–Trinajstić information content (AvgIpc) is 3.27. The first-order valence-corrected chi connectivity index (χ1v) is 12.2. The molecule has 174 valence electrons. The Labute approximate surface area is 203 Å². The van der Waals surface area contributed by atoms with Gasteiger partial charge in [0.1, 0.15) is 11.6 Å². The van der Waals surface area contributed by atoms with Gasteiger partial charge in [-0.25, -0.2) is 9.37 Å². The molecule has 0 saturated carbocycles. The van der Waals surface area contributed by atoms with Gasteiger partial charge in [-0.15, -0.1) is 0 Å². The largest absolute Gasteiger partial charge is 0.339 e. The summed E-state index contributed by atoms with van der Waals surface area (Å²) < 4.78 is 15.7. The van der Waals surface area contributed by atoms with E-state index in [1.54, 1.807) is 0 Å². The van der Waals surface area contributed by atoms with Gasteiger partial charge >= 0.3 is 0 Å². The molecule has 0 spiro atoms. The Hall–Kier alpha value is -3.99. The zero-order valence-corrected chi connectivity index (χ0v) is 19.5. The summed E-state index contributed by atoms with van der Waals surface area (Å²) in [5.74, 6) is 0.662. The molecule has 1 saturated heterocycles. The number of carbonyl (C=O) groups excluding carboxylic acids is 1. The number of carbonyl (C=O) groups is 1. The molecule has 0 aliphatic carbocycles. The first kappa shape index (κ1) is 21.5. The summed E-state index contributed by atoms with van der Waals surface area (Å²) in [6.07, 6.45) is 3.31. The summed E-state index contributed by atoms with van der Waals surface area (Å²) in [5.41, 5.74) is 4.44. The molecule has 1 fully saturated rings. The van der Waals surface area contributed by atoms with Crippen LogP contribution in [0.1, 0.15) is 35.2 Å². The fourth-order valence-corrected chi connectivity index (χ4v) is 5.10. The molecule has 0 N–H and O–H groups in total. The maximum absolute atomic E-state index is 13.6. The van der Waals surface area contributed by atoms with Gasteiger partial charge in [0.15, 0.2) is 0 Å². The summed E-state index contributed by atoms with van der Waals surface area (Å²) >= 11 is 0. The standard InChI is InChI=1S/C30H26FN3O/c31-24-14-11-21(12-15-24)20-34-28-16-13-23(30(35)33-17-4-1-5-18-33)19-27(28)32-29(34)26-10-6-8-22-7-2-3-9-25(22)26/h2-3,6-16,19H,1,4-5,17-18,20H2. The number of halogens is 1. The van der Waals surface area contributed by atoms with Crippen molar-refractivity contribution in [2.24, 2.45) is 0 Å². The van der Waals surface area contributed by atoms with E-state index in [9.17, 15) is 9.18 Å². The lowest BCUT2D eigenvalue weighted by Crippen LogP contribution is -2.35. The molecule has 0 bridgehead atoms. The SMILES string of the molecule is O=C(c1ccc2c(c1)nc(-c1cccc3ccccc13)n2Cc1ccc(F)cc1)N1CCCCC1. The molecule has 4 nitrogen and oxygen atoms in total. The molecule has 6 rings (SSSR count). The van der Waals surface area contributed by atoms with Gasteiger partial charge < -0.3 is 9.47 Å². The maximum Gasteiger partial charge on any atom is 0.253 e. The van der Waals surface area contributed by atoms with Crippen LogP contribution in [0.15, 0.2) is 84.9 Å². The van der Waals surface area contributed by atoms with E-state index in [1.165, 1.54) is 18.6 Å². The van der Waals surface area contributed by atoms with Crippen LogP contribution in [0.25, 0.3) is 33.2 Å². The van der Waals surface area contributed by atoms with Gasteiger partial charge in [-0.3, -0.25) is 4.79 Å². The number of benzene rings is 4. The number of amides is 1. The second kappa shape index (κ2) is 8.99. The quantitative estimate of drug-likeness (QED) is 0.299. The predicted molar refractivity (Wildman–Crippen MR) is 138 cm³/mol. The Morgan fingerprint density at radius 2 is 1.63 bits per heavy atom. The minimum Gasteiger partial charge on any atom is -0.339 e. The number of imidazole rings is 1. The maximum atomic E-state index is 13.6. The molecule has 35 heavy (non-hydrogen) atoms. The third-order valence-corrected chi connectivity index (χ3v) is 6.92. The van der Waals surface area contributed by atoms with Gasteiger partial charge in [0.05, 0.1) is 11.0 Å². The normalized spacial score (nSPS) is 14.0. The van der Waals surface area contributed by atoms with Crippen molar-refractivity contribution < 1.29 is 9.18 Å². The van der Waals surface area contributed by atoms with E-state index < -0.39 is 0 Å². The number of rotatable bonds is 4. The zero-order valence-electron chi connectivity index (χ0n) is 19.5. The molecule has 5 heteroatoms. The van der Waals surface area contributed by atoms with Crippen LogP contribution in [0.5, 0.6) is 0 Å². The fraction of sp³-hybridized carbons (Fsp3) is 0.200. The number of likely N-dealkylation sites (tertiary alicyclic amines) is 1. The van der Waals surface area contributed by atoms with Crippen LogP contribution in [0.4, 0.5) is 4.39 Å². The molecule has 0 unspecified atom stereocenters. The first-order valence-electron chi connectivity index (χ1n) is 12.2. The topological polar surface area (TPSA) is 38.1 Å². The molecule has 0 atom stereocenters. The highest BCUT2D eigenvalue weighted by Crippen LogP contribution is 2.32. The number of aromatic nitrogens is 2. The molecular weight excluding hydrogens is 437 g/mol. The third-order valence-electron chi connectivity index (χ3n) is 6.92. The Morgan fingerprint density at radius 1 is 0.857 bits per heavy atom. The van der Waals surface area contributed by atoms with Crippen LogP contribution >= 0.6 is 0 Å². The van der Waals surface area contributed by atoms with Crippen LogP contribution in [0.2, 0.25) is 0 Å². The number of hydrogen-bond acceptors (Lipinski definition) is 2. The van der Waals surface area contributed by atoms with Crippen molar-refractivity contribution in [3.63, 3.8) is 0 Å². The van der Waals surface area contributed by atoms with Gasteiger partial charge in [0.25, 0.3) is 5.91 Å². The van der Waals surface area contributed by atoms with Crippen LogP contribution in [-0.2, 0) is 6.54 Å². The van der Waals surface area contributed by atoms with E-state index in [4.69, 9.17) is 4.98 Å². The summed E-state index contributed by atoms with van der Waals surface area (Å²) in [5, 5.41) is 2.27. The smallest absolute Gasteiger partial charge is 0.253 e. The van der Waals surface area contributed by atoms with Crippen molar-refractivity contribution in [2.45, 2.75) is 25.8 Å². The van der Waals surface area contributed by atoms with Crippen LogP contribution in [-0.4, -0.2) is 33.4 Å². The Kier molecular flexibility index (Phi) is 5.53. The Balaban J connectivity index is 1.50. The van der Waals surface area contributed by atoms with Crippen molar-refractivity contribution in [3.8, 4) is 11.4 Å². The molecular formula is C30H26FN3O.